The Labute approximate surface area is 134 Å². The molecule has 2 aromatic heterocycles. The largest absolute Gasteiger partial charge is 0.508 e. The van der Waals surface area contributed by atoms with Crippen LogP contribution in [-0.4, -0.2) is 45.9 Å². The second-order valence-electron chi connectivity index (χ2n) is 5.80. The molecule has 0 unspecified atom stereocenters. The fourth-order valence-corrected chi connectivity index (χ4v) is 2.96. The number of rotatable bonds is 3. The average Bonchev–Trinajstić information content (AvgIpc) is 2.97. The zero-order valence-corrected chi connectivity index (χ0v) is 12.8. The second-order valence-corrected chi connectivity index (χ2v) is 5.80. The number of fused-ring (bicyclic) bond motifs is 1. The number of benzene rings is 1. The van der Waals surface area contributed by atoms with Crippen molar-refractivity contribution in [1.29, 1.82) is 0 Å². The third-order valence-corrected chi connectivity index (χ3v) is 4.12. The molecule has 6 nitrogen and oxygen atoms in total. The number of piperazine rings is 1. The van der Waals surface area contributed by atoms with Crippen LogP contribution in [0.2, 0.25) is 0 Å². The van der Waals surface area contributed by atoms with E-state index in [9.17, 15) is 5.11 Å². The van der Waals surface area contributed by atoms with Crippen molar-refractivity contribution in [2.45, 2.75) is 6.42 Å². The maximum Gasteiger partial charge on any atom is 0.157 e. The van der Waals surface area contributed by atoms with Gasteiger partial charge in [0.2, 0.25) is 0 Å². The van der Waals surface area contributed by atoms with Crippen LogP contribution in [0.1, 0.15) is 11.4 Å². The molecular formula is C17H19N5O. The van der Waals surface area contributed by atoms with Crippen molar-refractivity contribution in [3.8, 4) is 5.75 Å². The molecule has 0 spiro atoms. The van der Waals surface area contributed by atoms with Gasteiger partial charge in [0, 0.05) is 50.6 Å². The number of aromatic nitrogens is 3. The third kappa shape index (κ3) is 2.98. The van der Waals surface area contributed by atoms with Crippen molar-refractivity contribution in [2.24, 2.45) is 0 Å². The Hall–Kier alpha value is -2.60. The van der Waals surface area contributed by atoms with Gasteiger partial charge in [0.15, 0.2) is 11.5 Å². The molecular weight excluding hydrogens is 290 g/mol. The van der Waals surface area contributed by atoms with Crippen LogP contribution in [0.5, 0.6) is 5.75 Å². The summed E-state index contributed by atoms with van der Waals surface area (Å²) in [6, 6.07) is 11.4. The van der Waals surface area contributed by atoms with Gasteiger partial charge >= 0.3 is 0 Å². The van der Waals surface area contributed by atoms with Gasteiger partial charge in [-0.25, -0.2) is 9.50 Å². The molecule has 1 aromatic carbocycles. The lowest BCUT2D eigenvalue weighted by Gasteiger charge is -2.29. The molecule has 6 heteroatoms. The van der Waals surface area contributed by atoms with Gasteiger partial charge in [0.05, 0.1) is 0 Å². The van der Waals surface area contributed by atoms with Gasteiger partial charge in [0.1, 0.15) is 5.75 Å². The fraction of sp³-hybridized carbons (Fsp3) is 0.294. The number of anilines is 1. The summed E-state index contributed by atoms with van der Waals surface area (Å²) < 4.78 is 1.81. The van der Waals surface area contributed by atoms with Gasteiger partial charge in [-0.1, -0.05) is 12.1 Å². The lowest BCUT2D eigenvalue weighted by molar-refractivity contribution is 0.474. The smallest absolute Gasteiger partial charge is 0.157 e. The first-order valence-corrected chi connectivity index (χ1v) is 7.87. The molecule has 0 aliphatic carbocycles. The molecule has 1 aliphatic heterocycles. The van der Waals surface area contributed by atoms with Gasteiger partial charge in [0.25, 0.3) is 0 Å². The Bertz CT molecular complexity index is 823. The first-order valence-electron chi connectivity index (χ1n) is 7.87. The number of hydrogen-bond acceptors (Lipinski definition) is 5. The topological polar surface area (TPSA) is 65.7 Å². The Balaban J connectivity index is 1.60. The highest BCUT2D eigenvalue weighted by atomic mass is 16.3. The van der Waals surface area contributed by atoms with Crippen LogP contribution in [0.15, 0.2) is 42.6 Å². The summed E-state index contributed by atoms with van der Waals surface area (Å²) in [4.78, 5) is 6.98. The molecule has 1 saturated heterocycles. The van der Waals surface area contributed by atoms with E-state index < -0.39 is 0 Å². The van der Waals surface area contributed by atoms with E-state index in [1.807, 2.05) is 22.8 Å². The predicted molar refractivity (Wildman–Crippen MR) is 89.0 cm³/mol. The number of nitrogens with one attached hydrogen (secondary N) is 1. The number of pyridine rings is 1. The van der Waals surface area contributed by atoms with Crippen molar-refractivity contribution in [2.75, 3.05) is 31.1 Å². The molecule has 0 saturated carbocycles. The van der Waals surface area contributed by atoms with Crippen molar-refractivity contribution < 1.29 is 5.11 Å². The van der Waals surface area contributed by atoms with E-state index in [1.54, 1.807) is 12.1 Å². The van der Waals surface area contributed by atoms with E-state index in [0.29, 0.717) is 6.42 Å². The third-order valence-electron chi connectivity index (χ3n) is 4.12. The standard InChI is InChI=1S/C17H19N5O/c23-15-3-1-2-13(10-15)11-16-19-17-12-14(4-7-22(17)20-16)21-8-5-18-6-9-21/h1-4,7,10,12,18,23H,5-6,8-9,11H2. The molecule has 0 atom stereocenters. The number of aromatic hydroxyl groups is 1. The highest BCUT2D eigenvalue weighted by molar-refractivity contribution is 5.56. The summed E-state index contributed by atoms with van der Waals surface area (Å²) in [5.74, 6) is 1.03. The van der Waals surface area contributed by atoms with Crippen LogP contribution in [-0.2, 0) is 6.42 Å². The second kappa shape index (κ2) is 5.89. The lowest BCUT2D eigenvalue weighted by atomic mass is 10.1. The molecule has 0 bridgehead atoms. The number of nitrogens with zero attached hydrogens (tertiary/aromatic N) is 4. The summed E-state index contributed by atoms with van der Waals surface area (Å²) >= 11 is 0. The Morgan fingerprint density at radius 2 is 2.00 bits per heavy atom. The fourth-order valence-electron chi connectivity index (χ4n) is 2.96. The Morgan fingerprint density at radius 1 is 1.13 bits per heavy atom. The molecule has 3 heterocycles. The summed E-state index contributed by atoms with van der Waals surface area (Å²) in [6.45, 7) is 4.06. The molecule has 23 heavy (non-hydrogen) atoms. The molecule has 4 rings (SSSR count). The van der Waals surface area contributed by atoms with Crippen LogP contribution in [0.25, 0.3) is 5.65 Å². The predicted octanol–water partition coefficient (Wildman–Crippen LogP) is 1.44. The van der Waals surface area contributed by atoms with Crippen molar-refractivity contribution >= 4 is 11.3 Å². The molecule has 0 radical (unpaired) electrons. The van der Waals surface area contributed by atoms with E-state index in [-0.39, 0.29) is 5.75 Å². The first kappa shape index (κ1) is 14.0. The van der Waals surface area contributed by atoms with Crippen LogP contribution in [0.4, 0.5) is 5.69 Å². The summed E-state index contributed by atoms with van der Waals surface area (Å²) in [6.07, 6.45) is 2.57. The van der Waals surface area contributed by atoms with Gasteiger partial charge in [-0.05, 0) is 23.8 Å². The average molecular weight is 309 g/mol. The zero-order valence-electron chi connectivity index (χ0n) is 12.8. The highest BCUT2D eigenvalue weighted by Gasteiger charge is 2.12. The van der Waals surface area contributed by atoms with Crippen molar-refractivity contribution in [3.05, 3.63) is 54.0 Å². The molecule has 2 N–H and O–H groups in total. The van der Waals surface area contributed by atoms with Crippen molar-refractivity contribution in [1.82, 2.24) is 19.9 Å². The van der Waals surface area contributed by atoms with E-state index in [1.165, 1.54) is 5.69 Å². The van der Waals surface area contributed by atoms with E-state index in [0.717, 1.165) is 43.2 Å². The van der Waals surface area contributed by atoms with Crippen molar-refractivity contribution in [3.63, 3.8) is 0 Å². The van der Waals surface area contributed by atoms with Crippen LogP contribution in [0.3, 0.4) is 0 Å². The number of phenolic OH excluding ortho intramolecular Hbond substituents is 1. The normalized spacial score (nSPS) is 15.2. The Kier molecular flexibility index (Phi) is 3.59. The van der Waals surface area contributed by atoms with Crippen LogP contribution >= 0.6 is 0 Å². The van der Waals surface area contributed by atoms with E-state index in [4.69, 9.17) is 0 Å². The van der Waals surface area contributed by atoms with Crippen LogP contribution in [0, 0.1) is 0 Å². The minimum Gasteiger partial charge on any atom is -0.508 e. The minimum atomic E-state index is 0.271. The van der Waals surface area contributed by atoms with E-state index in [2.05, 4.69) is 32.4 Å². The number of phenols is 1. The lowest BCUT2D eigenvalue weighted by Crippen LogP contribution is -2.43. The molecule has 118 valence electrons. The van der Waals surface area contributed by atoms with Gasteiger partial charge in [-0.3, -0.25) is 0 Å². The SMILES string of the molecule is Oc1cccc(Cc2nc3cc(N4CCNCC4)ccn3n2)c1. The summed E-state index contributed by atoms with van der Waals surface area (Å²) in [5.41, 5.74) is 3.05. The maximum atomic E-state index is 9.55. The number of hydrogen-bond donors (Lipinski definition) is 2. The van der Waals surface area contributed by atoms with Gasteiger partial charge in [-0.15, -0.1) is 0 Å². The monoisotopic (exact) mass is 309 g/mol. The van der Waals surface area contributed by atoms with Gasteiger partial charge in [-0.2, -0.15) is 5.10 Å². The first-order chi connectivity index (χ1) is 11.3. The summed E-state index contributed by atoms with van der Waals surface area (Å²) in [7, 11) is 0. The van der Waals surface area contributed by atoms with Gasteiger partial charge < -0.3 is 15.3 Å². The molecule has 1 aliphatic rings. The Morgan fingerprint density at radius 3 is 2.83 bits per heavy atom. The minimum absolute atomic E-state index is 0.271. The van der Waals surface area contributed by atoms with E-state index >= 15 is 0 Å². The van der Waals surface area contributed by atoms with Crippen LogP contribution < -0.4 is 10.2 Å². The quantitative estimate of drug-likeness (QED) is 0.766. The molecule has 3 aromatic rings. The molecule has 0 amide bonds. The maximum absolute atomic E-state index is 9.55. The zero-order chi connectivity index (χ0) is 15.6. The highest BCUT2D eigenvalue weighted by Crippen LogP contribution is 2.18. The molecule has 1 fully saturated rings. The summed E-state index contributed by atoms with van der Waals surface area (Å²) in [5, 5.41) is 17.4.